The van der Waals surface area contributed by atoms with Gasteiger partial charge in [-0.1, -0.05) is 0 Å². The standard InChI is InChI=1S/C12H24N2O2/c1-4-13(10-12(2,3)16)11(15)14-8-6-5-7-9-14/h16H,4-10H2,1-3H3. The number of piperidine rings is 1. The predicted molar refractivity (Wildman–Crippen MR) is 64.4 cm³/mol. The molecule has 0 bridgehead atoms. The van der Waals surface area contributed by atoms with E-state index in [0.29, 0.717) is 13.1 Å². The van der Waals surface area contributed by atoms with Crippen LogP contribution in [-0.2, 0) is 0 Å². The van der Waals surface area contributed by atoms with E-state index in [2.05, 4.69) is 0 Å². The minimum absolute atomic E-state index is 0.0734. The fraction of sp³-hybridized carbons (Fsp3) is 0.917. The van der Waals surface area contributed by atoms with E-state index < -0.39 is 5.60 Å². The lowest BCUT2D eigenvalue weighted by molar-refractivity contribution is 0.0403. The second-order valence-corrected chi connectivity index (χ2v) is 5.16. The Morgan fingerprint density at radius 1 is 1.31 bits per heavy atom. The van der Waals surface area contributed by atoms with Gasteiger partial charge in [-0.2, -0.15) is 0 Å². The number of carbonyl (C=O) groups excluding carboxylic acids is 1. The van der Waals surface area contributed by atoms with Crippen molar-refractivity contribution in [2.24, 2.45) is 0 Å². The summed E-state index contributed by atoms with van der Waals surface area (Å²) in [6.07, 6.45) is 3.43. The zero-order chi connectivity index (χ0) is 12.2. The van der Waals surface area contributed by atoms with Gasteiger partial charge in [-0.3, -0.25) is 0 Å². The molecule has 1 aliphatic rings. The summed E-state index contributed by atoms with van der Waals surface area (Å²) in [5, 5.41) is 9.75. The number of hydrogen-bond acceptors (Lipinski definition) is 2. The molecule has 0 aromatic heterocycles. The lowest BCUT2D eigenvalue weighted by atomic mass is 10.1. The Labute approximate surface area is 98.2 Å². The van der Waals surface area contributed by atoms with Gasteiger partial charge in [0.1, 0.15) is 0 Å². The normalized spacial score (nSPS) is 17.4. The van der Waals surface area contributed by atoms with Gasteiger partial charge in [0, 0.05) is 19.6 Å². The van der Waals surface area contributed by atoms with Crippen molar-refractivity contribution < 1.29 is 9.90 Å². The van der Waals surface area contributed by atoms with Crippen LogP contribution in [-0.4, -0.2) is 52.7 Å². The largest absolute Gasteiger partial charge is 0.389 e. The van der Waals surface area contributed by atoms with E-state index in [0.717, 1.165) is 25.9 Å². The maximum Gasteiger partial charge on any atom is 0.320 e. The van der Waals surface area contributed by atoms with Gasteiger partial charge < -0.3 is 14.9 Å². The van der Waals surface area contributed by atoms with Gasteiger partial charge in [0.05, 0.1) is 12.1 Å². The second-order valence-electron chi connectivity index (χ2n) is 5.16. The van der Waals surface area contributed by atoms with Crippen molar-refractivity contribution in [2.75, 3.05) is 26.2 Å². The van der Waals surface area contributed by atoms with Gasteiger partial charge in [-0.05, 0) is 40.0 Å². The number of urea groups is 1. The Morgan fingerprint density at radius 3 is 2.31 bits per heavy atom. The van der Waals surface area contributed by atoms with Crippen molar-refractivity contribution in [3.05, 3.63) is 0 Å². The summed E-state index contributed by atoms with van der Waals surface area (Å²) in [4.78, 5) is 15.8. The average Bonchev–Trinajstić information content (AvgIpc) is 2.25. The highest BCUT2D eigenvalue weighted by Crippen LogP contribution is 2.13. The average molecular weight is 228 g/mol. The highest BCUT2D eigenvalue weighted by atomic mass is 16.3. The summed E-state index contributed by atoms with van der Waals surface area (Å²) in [5.74, 6) is 0. The monoisotopic (exact) mass is 228 g/mol. The minimum Gasteiger partial charge on any atom is -0.389 e. The smallest absolute Gasteiger partial charge is 0.320 e. The van der Waals surface area contributed by atoms with Crippen molar-refractivity contribution in [3.63, 3.8) is 0 Å². The number of aliphatic hydroxyl groups is 1. The van der Waals surface area contributed by atoms with Crippen LogP contribution in [0, 0.1) is 0 Å². The van der Waals surface area contributed by atoms with E-state index >= 15 is 0 Å². The summed E-state index contributed by atoms with van der Waals surface area (Å²) < 4.78 is 0. The number of likely N-dealkylation sites (N-methyl/N-ethyl adjacent to an activating group) is 1. The zero-order valence-corrected chi connectivity index (χ0v) is 10.7. The molecule has 0 aromatic carbocycles. The molecule has 1 saturated heterocycles. The van der Waals surface area contributed by atoms with Crippen LogP contribution >= 0.6 is 0 Å². The Balaban J connectivity index is 2.54. The molecule has 0 spiro atoms. The summed E-state index contributed by atoms with van der Waals surface area (Å²) in [5.41, 5.74) is -0.818. The Morgan fingerprint density at radius 2 is 1.88 bits per heavy atom. The Bertz CT molecular complexity index is 230. The van der Waals surface area contributed by atoms with Gasteiger partial charge in [-0.25, -0.2) is 4.79 Å². The van der Waals surface area contributed by atoms with Gasteiger partial charge in [-0.15, -0.1) is 0 Å². The molecule has 16 heavy (non-hydrogen) atoms. The van der Waals surface area contributed by atoms with E-state index in [1.807, 2.05) is 11.8 Å². The van der Waals surface area contributed by atoms with Gasteiger partial charge in [0.25, 0.3) is 0 Å². The molecule has 1 rings (SSSR count). The molecule has 4 nitrogen and oxygen atoms in total. The molecule has 0 aliphatic carbocycles. The maximum atomic E-state index is 12.1. The molecule has 0 saturated carbocycles. The number of nitrogens with zero attached hydrogens (tertiary/aromatic N) is 2. The van der Waals surface area contributed by atoms with Gasteiger partial charge in [0.2, 0.25) is 0 Å². The fourth-order valence-corrected chi connectivity index (χ4v) is 2.07. The Hall–Kier alpha value is -0.770. The quantitative estimate of drug-likeness (QED) is 0.798. The number of hydrogen-bond donors (Lipinski definition) is 1. The fourth-order valence-electron chi connectivity index (χ4n) is 2.07. The van der Waals surface area contributed by atoms with Gasteiger partial charge >= 0.3 is 6.03 Å². The summed E-state index contributed by atoms with van der Waals surface area (Å²) in [6.45, 7) is 8.20. The molecule has 0 radical (unpaired) electrons. The molecule has 0 atom stereocenters. The lowest BCUT2D eigenvalue weighted by Gasteiger charge is -2.35. The molecule has 1 fully saturated rings. The van der Waals surface area contributed by atoms with Crippen molar-refractivity contribution in [1.29, 1.82) is 0 Å². The molecule has 0 unspecified atom stereocenters. The van der Waals surface area contributed by atoms with Crippen molar-refractivity contribution >= 4 is 6.03 Å². The van der Waals surface area contributed by atoms with Crippen LogP contribution in [0.1, 0.15) is 40.0 Å². The third-order valence-electron chi connectivity index (χ3n) is 2.86. The minimum atomic E-state index is -0.818. The van der Waals surface area contributed by atoms with E-state index in [1.54, 1.807) is 18.7 Å². The van der Waals surface area contributed by atoms with Crippen LogP contribution in [0.25, 0.3) is 0 Å². The molecular weight excluding hydrogens is 204 g/mol. The lowest BCUT2D eigenvalue weighted by Crippen LogP contribution is -2.49. The van der Waals surface area contributed by atoms with Crippen LogP contribution < -0.4 is 0 Å². The first-order valence-electron chi connectivity index (χ1n) is 6.20. The number of amides is 2. The molecular formula is C12H24N2O2. The molecule has 4 heteroatoms. The van der Waals surface area contributed by atoms with Crippen LogP contribution in [0.4, 0.5) is 4.79 Å². The third-order valence-corrected chi connectivity index (χ3v) is 2.86. The number of carbonyl (C=O) groups is 1. The molecule has 0 aromatic rings. The van der Waals surface area contributed by atoms with E-state index in [4.69, 9.17) is 0 Å². The first-order valence-corrected chi connectivity index (χ1v) is 6.20. The van der Waals surface area contributed by atoms with E-state index in [9.17, 15) is 9.90 Å². The van der Waals surface area contributed by atoms with Crippen molar-refractivity contribution in [3.8, 4) is 0 Å². The molecule has 1 aliphatic heterocycles. The molecule has 1 heterocycles. The van der Waals surface area contributed by atoms with Crippen LogP contribution in [0.15, 0.2) is 0 Å². The first kappa shape index (κ1) is 13.3. The molecule has 2 amide bonds. The zero-order valence-electron chi connectivity index (χ0n) is 10.7. The van der Waals surface area contributed by atoms with Crippen molar-refractivity contribution in [1.82, 2.24) is 9.80 Å². The number of likely N-dealkylation sites (tertiary alicyclic amines) is 1. The van der Waals surface area contributed by atoms with E-state index in [-0.39, 0.29) is 6.03 Å². The van der Waals surface area contributed by atoms with Crippen LogP contribution in [0.3, 0.4) is 0 Å². The summed E-state index contributed by atoms with van der Waals surface area (Å²) >= 11 is 0. The van der Waals surface area contributed by atoms with Crippen molar-refractivity contribution in [2.45, 2.75) is 45.6 Å². The highest BCUT2D eigenvalue weighted by molar-refractivity contribution is 5.74. The van der Waals surface area contributed by atoms with Crippen LogP contribution in [0.5, 0.6) is 0 Å². The second kappa shape index (κ2) is 5.53. The van der Waals surface area contributed by atoms with Gasteiger partial charge in [0.15, 0.2) is 0 Å². The maximum absolute atomic E-state index is 12.1. The summed E-state index contributed by atoms with van der Waals surface area (Å²) in [6, 6.07) is 0.0734. The first-order chi connectivity index (χ1) is 7.44. The van der Waals surface area contributed by atoms with E-state index in [1.165, 1.54) is 6.42 Å². The van der Waals surface area contributed by atoms with Crippen LogP contribution in [0.2, 0.25) is 0 Å². The molecule has 1 N–H and O–H groups in total. The highest BCUT2D eigenvalue weighted by Gasteiger charge is 2.25. The third kappa shape index (κ3) is 4.00. The SMILES string of the molecule is CCN(CC(C)(C)O)C(=O)N1CCCCC1. The molecule has 94 valence electrons. The summed E-state index contributed by atoms with van der Waals surface area (Å²) in [7, 11) is 0. The Kier molecular flexibility index (Phi) is 4.59. The predicted octanol–water partition coefficient (Wildman–Crippen LogP) is 1.69. The number of rotatable bonds is 3. The topological polar surface area (TPSA) is 43.8 Å².